The van der Waals surface area contributed by atoms with Crippen molar-refractivity contribution in [2.75, 3.05) is 11.9 Å². The standard InChI is InChI=1S/C13H22N4O/c1-9-13(10(2)17(3)16-9)15-12(18)8-14-11-6-4-5-7-11/h11,14H,4-8H2,1-3H3,(H,15,18). The van der Waals surface area contributed by atoms with E-state index in [0.717, 1.165) is 17.1 Å². The van der Waals surface area contributed by atoms with Gasteiger partial charge >= 0.3 is 0 Å². The Hall–Kier alpha value is -1.36. The van der Waals surface area contributed by atoms with E-state index in [1.165, 1.54) is 25.7 Å². The molecule has 1 aliphatic carbocycles. The molecular formula is C13H22N4O. The average Bonchev–Trinajstić information content (AvgIpc) is 2.92. The van der Waals surface area contributed by atoms with Gasteiger partial charge in [0, 0.05) is 13.1 Å². The first kappa shape index (κ1) is 13.1. The smallest absolute Gasteiger partial charge is 0.238 e. The molecule has 1 fully saturated rings. The van der Waals surface area contributed by atoms with Crippen molar-refractivity contribution in [3.05, 3.63) is 11.4 Å². The van der Waals surface area contributed by atoms with E-state index in [1.54, 1.807) is 4.68 Å². The average molecular weight is 250 g/mol. The van der Waals surface area contributed by atoms with E-state index in [4.69, 9.17) is 0 Å². The maximum absolute atomic E-state index is 11.9. The van der Waals surface area contributed by atoms with Gasteiger partial charge in [-0.25, -0.2) is 0 Å². The van der Waals surface area contributed by atoms with Crippen molar-refractivity contribution in [1.82, 2.24) is 15.1 Å². The molecule has 0 spiro atoms. The molecular weight excluding hydrogens is 228 g/mol. The summed E-state index contributed by atoms with van der Waals surface area (Å²) < 4.78 is 1.79. The van der Waals surface area contributed by atoms with Gasteiger partial charge < -0.3 is 10.6 Å². The lowest BCUT2D eigenvalue weighted by atomic mass is 10.2. The minimum Gasteiger partial charge on any atom is -0.322 e. The van der Waals surface area contributed by atoms with Crippen molar-refractivity contribution < 1.29 is 4.79 Å². The Kier molecular flexibility index (Phi) is 4.01. The highest BCUT2D eigenvalue weighted by atomic mass is 16.1. The molecule has 2 rings (SSSR count). The van der Waals surface area contributed by atoms with Crippen LogP contribution in [0.3, 0.4) is 0 Å². The normalized spacial score (nSPS) is 16.2. The zero-order chi connectivity index (χ0) is 13.1. The van der Waals surface area contributed by atoms with Gasteiger partial charge in [0.05, 0.1) is 23.6 Å². The van der Waals surface area contributed by atoms with Crippen molar-refractivity contribution in [2.45, 2.75) is 45.6 Å². The molecule has 1 aromatic heterocycles. The first-order valence-electron chi connectivity index (χ1n) is 6.61. The number of carbonyl (C=O) groups excluding carboxylic acids is 1. The van der Waals surface area contributed by atoms with Gasteiger partial charge in [-0.15, -0.1) is 0 Å². The van der Waals surface area contributed by atoms with Gasteiger partial charge in [-0.2, -0.15) is 5.10 Å². The van der Waals surface area contributed by atoms with E-state index in [-0.39, 0.29) is 5.91 Å². The number of hydrogen-bond donors (Lipinski definition) is 2. The van der Waals surface area contributed by atoms with Crippen LogP contribution in [-0.4, -0.2) is 28.3 Å². The van der Waals surface area contributed by atoms with Crippen LogP contribution in [0.5, 0.6) is 0 Å². The Morgan fingerprint density at radius 3 is 2.61 bits per heavy atom. The Balaban J connectivity index is 1.86. The molecule has 2 N–H and O–H groups in total. The Morgan fingerprint density at radius 2 is 2.06 bits per heavy atom. The number of amides is 1. The lowest BCUT2D eigenvalue weighted by Gasteiger charge is -2.11. The number of rotatable bonds is 4. The van der Waals surface area contributed by atoms with Crippen LogP contribution in [-0.2, 0) is 11.8 Å². The summed E-state index contributed by atoms with van der Waals surface area (Å²) in [6.45, 7) is 4.26. The molecule has 18 heavy (non-hydrogen) atoms. The van der Waals surface area contributed by atoms with Crippen LogP contribution in [0.1, 0.15) is 37.1 Å². The fourth-order valence-electron chi connectivity index (χ4n) is 2.51. The predicted octanol–water partition coefficient (Wildman–Crippen LogP) is 1.51. The molecule has 1 aliphatic rings. The van der Waals surface area contributed by atoms with Crippen molar-refractivity contribution in [3.63, 3.8) is 0 Å². The topological polar surface area (TPSA) is 59.0 Å². The molecule has 0 aliphatic heterocycles. The van der Waals surface area contributed by atoms with E-state index in [1.807, 2.05) is 20.9 Å². The van der Waals surface area contributed by atoms with Gasteiger partial charge in [0.25, 0.3) is 0 Å². The van der Waals surface area contributed by atoms with Crippen LogP contribution >= 0.6 is 0 Å². The predicted molar refractivity (Wildman–Crippen MR) is 71.6 cm³/mol. The molecule has 0 atom stereocenters. The molecule has 100 valence electrons. The minimum atomic E-state index is 0.0149. The van der Waals surface area contributed by atoms with Crippen LogP contribution < -0.4 is 10.6 Å². The van der Waals surface area contributed by atoms with Gasteiger partial charge in [0.2, 0.25) is 5.91 Å². The van der Waals surface area contributed by atoms with Crippen LogP contribution in [0.15, 0.2) is 0 Å². The van der Waals surface area contributed by atoms with Crippen molar-refractivity contribution >= 4 is 11.6 Å². The lowest BCUT2D eigenvalue weighted by molar-refractivity contribution is -0.115. The number of anilines is 1. The highest BCUT2D eigenvalue weighted by Crippen LogP contribution is 2.19. The molecule has 1 saturated carbocycles. The second kappa shape index (κ2) is 5.52. The van der Waals surface area contributed by atoms with Crippen molar-refractivity contribution in [2.24, 2.45) is 7.05 Å². The summed E-state index contributed by atoms with van der Waals surface area (Å²) in [5.74, 6) is 0.0149. The molecule has 0 aromatic carbocycles. The van der Waals surface area contributed by atoms with Crippen molar-refractivity contribution in [3.8, 4) is 0 Å². The van der Waals surface area contributed by atoms with E-state index >= 15 is 0 Å². The highest BCUT2D eigenvalue weighted by molar-refractivity contribution is 5.93. The highest BCUT2D eigenvalue weighted by Gasteiger charge is 2.16. The van der Waals surface area contributed by atoms with Crippen LogP contribution in [0, 0.1) is 13.8 Å². The molecule has 5 nitrogen and oxygen atoms in total. The minimum absolute atomic E-state index is 0.0149. The van der Waals surface area contributed by atoms with E-state index in [0.29, 0.717) is 12.6 Å². The number of aromatic nitrogens is 2. The Bertz CT molecular complexity index is 432. The molecule has 1 amide bonds. The molecule has 5 heteroatoms. The van der Waals surface area contributed by atoms with Gasteiger partial charge in [-0.1, -0.05) is 12.8 Å². The van der Waals surface area contributed by atoms with E-state index in [2.05, 4.69) is 15.7 Å². The molecule has 0 saturated heterocycles. The number of nitrogens with one attached hydrogen (secondary N) is 2. The van der Waals surface area contributed by atoms with Gasteiger partial charge in [0.1, 0.15) is 0 Å². The molecule has 1 heterocycles. The van der Waals surface area contributed by atoms with E-state index in [9.17, 15) is 4.79 Å². The lowest BCUT2D eigenvalue weighted by Crippen LogP contribution is -2.34. The maximum Gasteiger partial charge on any atom is 0.238 e. The van der Waals surface area contributed by atoms with Crippen LogP contribution in [0.25, 0.3) is 0 Å². The summed E-state index contributed by atoms with van der Waals surface area (Å²) in [4.78, 5) is 11.9. The number of nitrogens with zero attached hydrogens (tertiary/aromatic N) is 2. The monoisotopic (exact) mass is 250 g/mol. The van der Waals surface area contributed by atoms with Crippen LogP contribution in [0.4, 0.5) is 5.69 Å². The summed E-state index contributed by atoms with van der Waals surface area (Å²) >= 11 is 0. The van der Waals surface area contributed by atoms with Gasteiger partial charge in [0.15, 0.2) is 0 Å². The van der Waals surface area contributed by atoms with Gasteiger partial charge in [-0.05, 0) is 26.7 Å². The second-order valence-corrected chi connectivity index (χ2v) is 5.08. The number of hydrogen-bond acceptors (Lipinski definition) is 3. The third kappa shape index (κ3) is 2.90. The van der Waals surface area contributed by atoms with Crippen LogP contribution in [0.2, 0.25) is 0 Å². The zero-order valence-corrected chi connectivity index (χ0v) is 11.4. The largest absolute Gasteiger partial charge is 0.322 e. The molecule has 0 unspecified atom stereocenters. The summed E-state index contributed by atoms with van der Waals surface area (Å²) in [7, 11) is 1.88. The maximum atomic E-state index is 11.9. The molecule has 0 bridgehead atoms. The third-order valence-electron chi connectivity index (χ3n) is 3.68. The third-order valence-corrected chi connectivity index (χ3v) is 3.68. The Morgan fingerprint density at radius 1 is 1.39 bits per heavy atom. The summed E-state index contributed by atoms with van der Waals surface area (Å²) in [6.07, 6.45) is 4.94. The number of carbonyl (C=O) groups is 1. The summed E-state index contributed by atoms with van der Waals surface area (Å²) in [5, 5.41) is 10.5. The first-order chi connectivity index (χ1) is 8.58. The van der Waals surface area contributed by atoms with Gasteiger partial charge in [-0.3, -0.25) is 9.48 Å². The van der Waals surface area contributed by atoms with Crippen molar-refractivity contribution in [1.29, 1.82) is 0 Å². The number of aryl methyl sites for hydroxylation is 2. The second-order valence-electron chi connectivity index (χ2n) is 5.08. The first-order valence-corrected chi connectivity index (χ1v) is 6.61. The Labute approximate surface area is 108 Å². The van der Waals surface area contributed by atoms with E-state index < -0.39 is 0 Å². The summed E-state index contributed by atoms with van der Waals surface area (Å²) in [5.41, 5.74) is 2.70. The molecule has 0 radical (unpaired) electrons. The quantitative estimate of drug-likeness (QED) is 0.851. The zero-order valence-electron chi connectivity index (χ0n) is 11.4. The summed E-state index contributed by atoms with van der Waals surface area (Å²) in [6, 6.07) is 0.520. The fraction of sp³-hybridized carbons (Fsp3) is 0.692. The SMILES string of the molecule is Cc1nn(C)c(C)c1NC(=O)CNC1CCCC1. The molecule has 1 aromatic rings. The fourth-order valence-corrected chi connectivity index (χ4v) is 2.51.